The molecule has 1 saturated carbocycles. The number of hydrogen-bond donors (Lipinski definition) is 2. The topological polar surface area (TPSA) is 78.9 Å². The highest BCUT2D eigenvalue weighted by molar-refractivity contribution is 5.96. The predicted octanol–water partition coefficient (Wildman–Crippen LogP) is 6.18. The highest BCUT2D eigenvalue weighted by Gasteiger charge is 2.26. The lowest BCUT2D eigenvalue weighted by molar-refractivity contribution is -0.137. The fourth-order valence-electron chi connectivity index (χ4n) is 5.16. The minimum atomic E-state index is -0.866. The van der Waals surface area contributed by atoms with Crippen LogP contribution in [-0.2, 0) is 20.7 Å². The summed E-state index contributed by atoms with van der Waals surface area (Å²) >= 11 is 0. The van der Waals surface area contributed by atoms with E-state index in [2.05, 4.69) is 30.1 Å². The molecule has 2 aromatic rings. The first-order chi connectivity index (χ1) is 17.3. The molecule has 1 unspecified atom stereocenters. The van der Waals surface area contributed by atoms with Gasteiger partial charge in [-0.3, -0.25) is 9.59 Å². The van der Waals surface area contributed by atoms with E-state index in [-0.39, 0.29) is 24.7 Å². The van der Waals surface area contributed by atoms with E-state index in [1.54, 1.807) is 7.11 Å². The Kier molecular flexibility index (Phi) is 10.4. The van der Waals surface area contributed by atoms with E-state index < -0.39 is 5.97 Å². The van der Waals surface area contributed by atoms with E-state index in [0.717, 1.165) is 47.5 Å². The second-order valence-electron chi connectivity index (χ2n) is 10.6. The monoisotopic (exact) mass is 494 g/mol. The van der Waals surface area contributed by atoms with Crippen LogP contribution in [0, 0.1) is 12.8 Å². The van der Waals surface area contributed by atoms with Crippen LogP contribution in [0.5, 0.6) is 0 Å². The Balaban J connectivity index is 1.97. The summed E-state index contributed by atoms with van der Waals surface area (Å²) in [5, 5.41) is 12.6. The number of methoxy groups -OCH3 is 1. The number of amides is 1. The number of carboxylic acid groups (broad SMARTS) is 1. The van der Waals surface area contributed by atoms with Crippen LogP contribution in [0.15, 0.2) is 42.5 Å². The van der Waals surface area contributed by atoms with Gasteiger partial charge in [0.15, 0.2) is 0 Å². The van der Waals surface area contributed by atoms with Gasteiger partial charge in [-0.1, -0.05) is 69.0 Å². The third-order valence-corrected chi connectivity index (χ3v) is 6.93. The van der Waals surface area contributed by atoms with Crippen molar-refractivity contribution in [1.82, 2.24) is 0 Å². The van der Waals surface area contributed by atoms with Crippen molar-refractivity contribution >= 4 is 23.3 Å². The zero-order chi connectivity index (χ0) is 26.1. The Morgan fingerprint density at radius 3 is 2.39 bits per heavy atom. The van der Waals surface area contributed by atoms with Crippen LogP contribution in [0.4, 0.5) is 11.4 Å². The zero-order valence-electron chi connectivity index (χ0n) is 22.3. The Morgan fingerprint density at radius 2 is 1.78 bits per heavy atom. The maximum atomic E-state index is 13.2. The third kappa shape index (κ3) is 8.09. The summed E-state index contributed by atoms with van der Waals surface area (Å²) in [7, 11) is 1.58. The highest BCUT2D eigenvalue weighted by atomic mass is 16.5. The number of carbonyl (C=O) groups excluding carboxylic acids is 1. The number of aliphatic carboxylic acids is 1. The van der Waals surface area contributed by atoms with Gasteiger partial charge in [0.25, 0.3) is 0 Å². The molecule has 0 aromatic heterocycles. The lowest BCUT2D eigenvalue weighted by Crippen LogP contribution is -2.40. The molecule has 0 aliphatic heterocycles. The molecule has 1 aliphatic rings. The standard InChI is InChI=1S/C30H42N2O4/c1-21(2)19-32(26-8-6-5-7-9-26)28-15-14-24(25(20-36-4)18-30(34)35)17-27(28)31-29(33)16-23-12-10-22(3)11-13-23/h10-15,17,21,25-26H,5-9,16,18-20H2,1-4H3,(H,31,33)(H,34,35). The van der Waals surface area contributed by atoms with Crippen molar-refractivity contribution in [3.63, 3.8) is 0 Å². The highest BCUT2D eigenvalue weighted by Crippen LogP contribution is 2.36. The van der Waals surface area contributed by atoms with Gasteiger partial charge in [0, 0.05) is 25.6 Å². The molecular formula is C30H42N2O4. The second kappa shape index (κ2) is 13.4. The molecule has 36 heavy (non-hydrogen) atoms. The van der Waals surface area contributed by atoms with Crippen LogP contribution < -0.4 is 10.2 Å². The zero-order valence-corrected chi connectivity index (χ0v) is 22.3. The molecule has 0 heterocycles. The van der Waals surface area contributed by atoms with E-state index in [4.69, 9.17) is 4.74 Å². The smallest absolute Gasteiger partial charge is 0.304 e. The Bertz CT molecular complexity index is 997. The van der Waals surface area contributed by atoms with E-state index in [9.17, 15) is 14.7 Å². The lowest BCUT2D eigenvalue weighted by Gasteiger charge is -2.38. The van der Waals surface area contributed by atoms with Crippen LogP contribution in [-0.4, -0.2) is 43.3 Å². The molecule has 0 bridgehead atoms. The van der Waals surface area contributed by atoms with Gasteiger partial charge >= 0.3 is 5.97 Å². The first-order valence-corrected chi connectivity index (χ1v) is 13.2. The quantitative estimate of drug-likeness (QED) is 0.369. The van der Waals surface area contributed by atoms with Crippen LogP contribution in [0.3, 0.4) is 0 Å². The SMILES string of the molecule is COCC(CC(=O)O)c1ccc(N(CC(C)C)C2CCCCC2)c(NC(=O)Cc2ccc(C)cc2)c1. The Labute approximate surface area is 216 Å². The minimum Gasteiger partial charge on any atom is -0.481 e. The van der Waals surface area contributed by atoms with Gasteiger partial charge in [0.1, 0.15) is 0 Å². The number of benzene rings is 2. The summed E-state index contributed by atoms with van der Waals surface area (Å²) < 4.78 is 5.33. The number of carbonyl (C=O) groups is 2. The van der Waals surface area contributed by atoms with E-state index in [1.165, 1.54) is 19.3 Å². The van der Waals surface area contributed by atoms with Gasteiger partial charge in [0.2, 0.25) is 5.91 Å². The maximum Gasteiger partial charge on any atom is 0.304 e. The molecule has 0 radical (unpaired) electrons. The van der Waals surface area contributed by atoms with Crippen LogP contribution in [0.25, 0.3) is 0 Å². The molecule has 1 fully saturated rings. The summed E-state index contributed by atoms with van der Waals surface area (Å²) in [5.41, 5.74) is 4.76. The number of rotatable bonds is 12. The summed E-state index contributed by atoms with van der Waals surface area (Å²) in [6.07, 6.45) is 6.28. The first kappa shape index (κ1) is 27.7. The molecule has 3 rings (SSSR count). The van der Waals surface area contributed by atoms with Gasteiger partial charge in [-0.05, 0) is 48.9 Å². The van der Waals surface area contributed by atoms with Gasteiger partial charge in [-0.25, -0.2) is 0 Å². The lowest BCUT2D eigenvalue weighted by atomic mass is 9.91. The third-order valence-electron chi connectivity index (χ3n) is 6.93. The number of ether oxygens (including phenoxy) is 1. The maximum absolute atomic E-state index is 13.2. The van der Waals surface area contributed by atoms with Crippen molar-refractivity contribution < 1.29 is 19.4 Å². The number of nitrogens with one attached hydrogen (secondary N) is 1. The largest absolute Gasteiger partial charge is 0.481 e. The average molecular weight is 495 g/mol. The summed E-state index contributed by atoms with van der Waals surface area (Å²) in [6, 6.07) is 14.5. The van der Waals surface area contributed by atoms with Crippen molar-refractivity contribution in [3.05, 3.63) is 59.2 Å². The molecule has 6 nitrogen and oxygen atoms in total. The minimum absolute atomic E-state index is 0.0255. The molecule has 2 N–H and O–H groups in total. The van der Waals surface area contributed by atoms with E-state index >= 15 is 0 Å². The molecule has 1 aliphatic carbocycles. The number of anilines is 2. The van der Waals surface area contributed by atoms with Crippen LogP contribution in [0.2, 0.25) is 0 Å². The summed E-state index contributed by atoms with van der Waals surface area (Å²) in [5.74, 6) is -0.764. The van der Waals surface area contributed by atoms with Gasteiger partial charge in [-0.2, -0.15) is 0 Å². The van der Waals surface area contributed by atoms with Crippen LogP contribution in [0.1, 0.15) is 75.0 Å². The molecule has 1 atom stereocenters. The number of aryl methyl sites for hydroxylation is 1. The van der Waals surface area contributed by atoms with Crippen molar-refractivity contribution in [3.8, 4) is 0 Å². The second-order valence-corrected chi connectivity index (χ2v) is 10.6. The van der Waals surface area contributed by atoms with Gasteiger partial charge in [0.05, 0.1) is 30.8 Å². The normalized spacial score (nSPS) is 15.0. The van der Waals surface area contributed by atoms with Crippen molar-refractivity contribution in [2.75, 3.05) is 30.5 Å². The van der Waals surface area contributed by atoms with Gasteiger partial charge in [-0.15, -0.1) is 0 Å². The predicted molar refractivity (Wildman–Crippen MR) is 146 cm³/mol. The summed E-state index contributed by atoms with van der Waals surface area (Å²) in [4.78, 5) is 27.2. The molecule has 196 valence electrons. The van der Waals surface area contributed by atoms with Gasteiger partial charge < -0.3 is 20.1 Å². The number of carboxylic acids is 1. The Hall–Kier alpha value is -2.86. The van der Waals surface area contributed by atoms with Crippen molar-refractivity contribution in [2.24, 2.45) is 5.92 Å². The van der Waals surface area contributed by atoms with Crippen molar-refractivity contribution in [1.29, 1.82) is 0 Å². The first-order valence-electron chi connectivity index (χ1n) is 13.2. The molecule has 2 aromatic carbocycles. The molecular weight excluding hydrogens is 452 g/mol. The van der Waals surface area contributed by atoms with Crippen LogP contribution >= 0.6 is 0 Å². The van der Waals surface area contributed by atoms with E-state index in [1.807, 2.05) is 43.3 Å². The number of nitrogens with zero attached hydrogens (tertiary/aromatic N) is 1. The molecule has 0 spiro atoms. The molecule has 0 saturated heterocycles. The number of hydrogen-bond acceptors (Lipinski definition) is 4. The fourth-order valence-corrected chi connectivity index (χ4v) is 5.16. The fraction of sp³-hybridized carbons (Fsp3) is 0.533. The Morgan fingerprint density at radius 1 is 1.08 bits per heavy atom. The molecule has 1 amide bonds. The van der Waals surface area contributed by atoms with E-state index in [0.29, 0.717) is 18.6 Å². The molecule has 6 heteroatoms. The average Bonchev–Trinajstić information content (AvgIpc) is 2.84. The summed E-state index contributed by atoms with van der Waals surface area (Å²) in [6.45, 7) is 7.69. The van der Waals surface area contributed by atoms with Crippen molar-refractivity contribution in [2.45, 2.75) is 77.7 Å².